The second-order valence-corrected chi connectivity index (χ2v) is 11.3. The Morgan fingerprint density at radius 1 is 0.553 bits per heavy atom. The molecule has 7 aromatic carbocycles. The van der Waals surface area contributed by atoms with E-state index in [-0.39, 0.29) is 0 Å². The van der Waals surface area contributed by atoms with Crippen LogP contribution in [0.25, 0.3) is 43.8 Å². The third-order valence-corrected chi connectivity index (χ3v) is 8.30. The summed E-state index contributed by atoms with van der Waals surface area (Å²) in [5.41, 5.74) is 8.13. The molecule has 0 saturated carbocycles. The maximum Gasteiger partial charge on any atom is 0.161 e. The maximum absolute atomic E-state index is 9.30. The Morgan fingerprint density at radius 3 is 1.83 bits per heavy atom. The molecule has 0 N–H and O–H groups in total. The van der Waals surface area contributed by atoms with Crippen molar-refractivity contribution < 1.29 is 0 Å². The first-order chi connectivity index (χ1) is 23.2. The van der Waals surface area contributed by atoms with E-state index >= 15 is 0 Å². The highest BCUT2D eigenvalue weighted by Gasteiger charge is 2.12. The highest BCUT2D eigenvalue weighted by molar-refractivity contribution is 6.13. The topological polar surface area (TPSA) is 60.9 Å². The lowest BCUT2D eigenvalue weighted by Crippen LogP contribution is -2.05. The van der Waals surface area contributed by atoms with Crippen molar-refractivity contribution >= 4 is 39.9 Å². The minimum absolute atomic E-state index is 0.501. The molecule has 0 amide bonds. The van der Waals surface area contributed by atoms with Crippen LogP contribution in [0.15, 0.2) is 173 Å². The van der Waals surface area contributed by atoms with Crippen molar-refractivity contribution in [2.24, 2.45) is 15.0 Å². The number of fused-ring (bicyclic) bond motifs is 2. The van der Waals surface area contributed by atoms with E-state index in [1.165, 1.54) is 16.3 Å². The molecule has 0 unspecified atom stereocenters. The number of amidine groups is 2. The maximum atomic E-state index is 9.30. The summed E-state index contributed by atoms with van der Waals surface area (Å²) < 4.78 is 0. The van der Waals surface area contributed by atoms with Gasteiger partial charge < -0.3 is 0 Å². The fraction of sp³-hybridized carbons (Fsp3) is 0.0233. The Kier molecular flexibility index (Phi) is 8.27. The molecule has 4 nitrogen and oxygen atoms in total. The van der Waals surface area contributed by atoms with E-state index in [1.54, 1.807) is 0 Å². The molecule has 7 rings (SSSR count). The minimum atomic E-state index is 0.501. The van der Waals surface area contributed by atoms with Crippen LogP contribution in [0.4, 0.5) is 0 Å². The van der Waals surface area contributed by atoms with Crippen LogP contribution in [0.5, 0.6) is 0 Å². The first kappa shape index (κ1) is 29.3. The van der Waals surface area contributed by atoms with Gasteiger partial charge in [0.25, 0.3) is 0 Å². The summed E-state index contributed by atoms with van der Waals surface area (Å²) in [6.07, 6.45) is 0. The van der Waals surface area contributed by atoms with E-state index in [2.05, 4.69) is 109 Å². The lowest BCUT2D eigenvalue weighted by Gasteiger charge is -2.13. The van der Waals surface area contributed by atoms with Gasteiger partial charge >= 0.3 is 0 Å². The summed E-state index contributed by atoms with van der Waals surface area (Å²) in [6.45, 7) is 4.29. The van der Waals surface area contributed by atoms with E-state index in [9.17, 15) is 5.26 Å². The van der Waals surface area contributed by atoms with E-state index in [0.29, 0.717) is 23.8 Å². The molecular weight excluding hydrogens is 573 g/mol. The van der Waals surface area contributed by atoms with E-state index in [4.69, 9.17) is 9.98 Å². The average molecular weight is 603 g/mol. The molecular formula is C43H30N4. The second kappa shape index (κ2) is 13.3. The van der Waals surface area contributed by atoms with Gasteiger partial charge in [-0.05, 0) is 74.3 Å². The molecule has 0 radical (unpaired) electrons. The van der Waals surface area contributed by atoms with Gasteiger partial charge in [0.2, 0.25) is 0 Å². The molecule has 0 saturated heterocycles. The Morgan fingerprint density at radius 2 is 1.15 bits per heavy atom. The monoisotopic (exact) mass is 602 g/mol. The summed E-state index contributed by atoms with van der Waals surface area (Å²) in [6, 6.07) is 55.9. The molecule has 0 aliphatic rings. The predicted octanol–water partition coefficient (Wildman–Crippen LogP) is 10.3. The highest BCUT2D eigenvalue weighted by Crippen LogP contribution is 2.36. The fourth-order valence-electron chi connectivity index (χ4n) is 5.91. The van der Waals surface area contributed by atoms with Gasteiger partial charge in [0.15, 0.2) is 11.7 Å². The Balaban J connectivity index is 1.26. The largest absolute Gasteiger partial charge is 0.261 e. The highest BCUT2D eigenvalue weighted by atomic mass is 15.0. The van der Waals surface area contributed by atoms with Crippen LogP contribution >= 0.6 is 0 Å². The van der Waals surface area contributed by atoms with Gasteiger partial charge in [-0.1, -0.05) is 140 Å². The Labute approximate surface area is 274 Å². The van der Waals surface area contributed by atoms with Crippen LogP contribution in [0.2, 0.25) is 0 Å². The SMILES string of the molecule is C=NC(=NC(=NCc1ccccc1)c1ccc(-c2cccc3c(-c4ccc5cc(C#N)ccc5c4)cccc23)cc1)c1ccccc1. The van der Waals surface area contributed by atoms with Gasteiger partial charge in [-0.2, -0.15) is 5.26 Å². The van der Waals surface area contributed by atoms with Gasteiger partial charge in [-0.3, -0.25) is 4.99 Å². The molecule has 7 aromatic rings. The molecule has 0 fully saturated rings. The van der Waals surface area contributed by atoms with Crippen molar-refractivity contribution in [1.82, 2.24) is 0 Å². The van der Waals surface area contributed by atoms with Crippen LogP contribution in [-0.4, -0.2) is 18.4 Å². The lowest BCUT2D eigenvalue weighted by molar-refractivity contribution is 1.06. The standard InChI is InChI=1S/C43H30N4/c1-45-42(33-12-6-3-7-13-33)47-43(46-29-30-10-4-2-5-11-30)34-22-20-32(21-23-34)38-14-8-17-41-39(15-9-16-40(38)41)37-25-24-35-26-31(28-44)18-19-36(35)27-37/h2-27H,1,29H2. The Bertz CT molecular complexity index is 2330. The summed E-state index contributed by atoms with van der Waals surface area (Å²) in [4.78, 5) is 14.1. The van der Waals surface area contributed by atoms with Gasteiger partial charge in [0.1, 0.15) is 0 Å². The molecule has 0 bridgehead atoms. The van der Waals surface area contributed by atoms with Crippen LogP contribution in [-0.2, 0) is 6.54 Å². The van der Waals surface area contributed by atoms with E-state index in [0.717, 1.165) is 44.2 Å². The number of nitriles is 1. The molecule has 0 heterocycles. The minimum Gasteiger partial charge on any atom is -0.261 e. The van der Waals surface area contributed by atoms with Gasteiger partial charge in [0.05, 0.1) is 18.2 Å². The van der Waals surface area contributed by atoms with Crippen molar-refractivity contribution in [2.75, 3.05) is 0 Å². The van der Waals surface area contributed by atoms with Gasteiger partial charge in [-0.15, -0.1) is 0 Å². The van der Waals surface area contributed by atoms with Crippen LogP contribution in [0, 0.1) is 11.3 Å². The van der Waals surface area contributed by atoms with Gasteiger partial charge in [0, 0.05) is 11.1 Å². The molecule has 0 atom stereocenters. The van der Waals surface area contributed by atoms with E-state index in [1.807, 2.05) is 66.7 Å². The fourth-order valence-corrected chi connectivity index (χ4v) is 5.91. The third kappa shape index (κ3) is 6.24. The average Bonchev–Trinajstić information content (AvgIpc) is 3.15. The zero-order chi connectivity index (χ0) is 32.0. The summed E-state index contributed by atoms with van der Waals surface area (Å²) in [5, 5.41) is 13.8. The van der Waals surface area contributed by atoms with Crippen molar-refractivity contribution in [3.8, 4) is 28.3 Å². The number of aliphatic imine (C=N–C) groups is 3. The summed E-state index contributed by atoms with van der Waals surface area (Å²) in [5.74, 6) is 1.13. The molecule has 47 heavy (non-hydrogen) atoms. The van der Waals surface area contributed by atoms with Crippen LogP contribution in [0.1, 0.15) is 22.3 Å². The predicted molar refractivity (Wildman–Crippen MR) is 196 cm³/mol. The summed E-state index contributed by atoms with van der Waals surface area (Å²) in [7, 11) is 0. The quantitative estimate of drug-likeness (QED) is 0.138. The third-order valence-electron chi connectivity index (χ3n) is 8.30. The van der Waals surface area contributed by atoms with Gasteiger partial charge in [-0.25, -0.2) is 9.98 Å². The zero-order valence-electron chi connectivity index (χ0n) is 25.7. The lowest BCUT2D eigenvalue weighted by atomic mass is 9.92. The van der Waals surface area contributed by atoms with Crippen molar-refractivity contribution in [3.05, 3.63) is 180 Å². The van der Waals surface area contributed by atoms with Crippen molar-refractivity contribution in [1.29, 1.82) is 5.26 Å². The van der Waals surface area contributed by atoms with Crippen LogP contribution in [0.3, 0.4) is 0 Å². The van der Waals surface area contributed by atoms with Crippen LogP contribution < -0.4 is 0 Å². The Hall–Kier alpha value is -6.44. The van der Waals surface area contributed by atoms with E-state index < -0.39 is 0 Å². The smallest absolute Gasteiger partial charge is 0.161 e. The molecule has 0 aliphatic heterocycles. The molecule has 0 spiro atoms. The second-order valence-electron chi connectivity index (χ2n) is 11.3. The first-order valence-corrected chi connectivity index (χ1v) is 15.5. The number of nitrogens with zero attached hydrogens (tertiary/aromatic N) is 4. The summed E-state index contributed by atoms with van der Waals surface area (Å²) >= 11 is 0. The first-order valence-electron chi connectivity index (χ1n) is 15.5. The van der Waals surface area contributed by atoms with Crippen molar-refractivity contribution in [3.63, 3.8) is 0 Å². The molecule has 0 aromatic heterocycles. The number of hydrogen-bond acceptors (Lipinski definition) is 2. The normalized spacial score (nSPS) is 11.8. The number of hydrogen-bond donors (Lipinski definition) is 0. The number of benzene rings is 7. The number of rotatable bonds is 6. The molecule has 4 heteroatoms. The molecule has 0 aliphatic carbocycles. The zero-order valence-corrected chi connectivity index (χ0v) is 25.7. The van der Waals surface area contributed by atoms with Crippen molar-refractivity contribution in [2.45, 2.75) is 6.54 Å². The molecule has 222 valence electrons.